The highest BCUT2D eigenvalue weighted by Gasteiger charge is 2.49. The van der Waals surface area contributed by atoms with Gasteiger partial charge in [-0.05, 0) is 30.4 Å². The average Bonchev–Trinajstić information content (AvgIpc) is 3.48. The van der Waals surface area contributed by atoms with Gasteiger partial charge in [-0.1, -0.05) is 229 Å². The van der Waals surface area contributed by atoms with E-state index in [0.717, 1.165) is 25.9 Å². The van der Waals surface area contributed by atoms with Crippen LogP contribution in [0.25, 0.3) is 0 Å². The zero-order valence-electron chi connectivity index (χ0n) is 33.4. The second-order valence-electron chi connectivity index (χ2n) is 15.7. The van der Waals surface area contributed by atoms with Crippen molar-refractivity contribution in [2.75, 3.05) is 13.1 Å². The fraction of sp³-hybridized carbons (Fsp3) is 0.708. The molecule has 2 heteroatoms. The molecule has 282 valence electrons. The van der Waals surface area contributed by atoms with Gasteiger partial charge >= 0.3 is 0 Å². The molecule has 2 nitrogen and oxygen atoms in total. The summed E-state index contributed by atoms with van der Waals surface area (Å²) >= 11 is 0. The second kappa shape index (κ2) is 27.4. The lowest BCUT2D eigenvalue weighted by Gasteiger charge is -2.51. The van der Waals surface area contributed by atoms with Gasteiger partial charge in [0.15, 0.2) is 0 Å². The molecule has 0 radical (unpaired) electrons. The third-order valence-electron chi connectivity index (χ3n) is 11.7. The summed E-state index contributed by atoms with van der Waals surface area (Å²) in [5, 5.41) is 0. The molecule has 0 fully saturated rings. The summed E-state index contributed by atoms with van der Waals surface area (Å²) in [5.41, 5.74) is 2.89. The first kappa shape index (κ1) is 42.2. The highest BCUT2D eigenvalue weighted by Crippen LogP contribution is 2.45. The summed E-state index contributed by atoms with van der Waals surface area (Å²) in [6.45, 7) is 9.35. The quantitative estimate of drug-likeness (QED) is 0.0708. The monoisotopic (exact) mass is 685 g/mol. The largest absolute Gasteiger partial charge is 0.353 e. The van der Waals surface area contributed by atoms with Crippen molar-refractivity contribution < 1.29 is 0 Å². The molecule has 3 rings (SSSR count). The van der Waals surface area contributed by atoms with E-state index >= 15 is 0 Å². The lowest BCUT2D eigenvalue weighted by molar-refractivity contribution is -0.00378. The van der Waals surface area contributed by atoms with Crippen molar-refractivity contribution in [2.45, 2.75) is 206 Å². The summed E-state index contributed by atoms with van der Waals surface area (Å²) < 4.78 is 0. The van der Waals surface area contributed by atoms with E-state index in [0.29, 0.717) is 5.92 Å². The normalized spacial score (nSPS) is 16.5. The molecular weight excluding hydrogens is 605 g/mol. The van der Waals surface area contributed by atoms with Gasteiger partial charge in [0.1, 0.15) is 5.66 Å². The molecule has 2 atom stereocenters. The molecular formula is C48H80N2. The molecule has 2 unspecified atom stereocenters. The van der Waals surface area contributed by atoms with Gasteiger partial charge in [0, 0.05) is 37.8 Å². The number of unbranched alkanes of at least 4 members (excludes halogenated alkanes) is 23. The molecule has 0 aromatic heterocycles. The number of nitrogens with zero attached hydrogens (tertiary/aromatic N) is 2. The van der Waals surface area contributed by atoms with Crippen LogP contribution in [0.1, 0.15) is 205 Å². The van der Waals surface area contributed by atoms with Crippen LogP contribution in [0.4, 0.5) is 0 Å². The maximum absolute atomic E-state index is 2.79. The van der Waals surface area contributed by atoms with Crippen LogP contribution in [-0.4, -0.2) is 28.6 Å². The Hall–Kier alpha value is -2.22. The van der Waals surface area contributed by atoms with Crippen LogP contribution in [-0.2, 0) is 6.42 Å². The second-order valence-corrected chi connectivity index (χ2v) is 15.7. The molecule has 2 aromatic rings. The predicted octanol–water partition coefficient (Wildman–Crippen LogP) is 15.0. The van der Waals surface area contributed by atoms with E-state index < -0.39 is 0 Å². The Morgan fingerprint density at radius 3 is 1.12 bits per heavy atom. The number of hydrogen-bond acceptors (Lipinski definition) is 2. The standard InChI is InChI=1S/C48H80N2/c1-4-7-9-11-13-15-16-17-18-19-20-21-23-25-27-35-41-50-43-42-49(40-34-26-24-22-14-12-10-8-5-2)48(50,44-45-36-30-28-31-37-45)47(6-3)46-38-32-29-33-39-46/h28-33,36-39,42-43,47H,4-27,34-35,40-41,44H2,1-3H3. The molecule has 1 aliphatic rings. The Morgan fingerprint density at radius 1 is 0.420 bits per heavy atom. The maximum Gasteiger partial charge on any atom is 0.123 e. The first-order valence-electron chi connectivity index (χ1n) is 22.1. The van der Waals surface area contributed by atoms with Gasteiger partial charge in [-0.25, -0.2) is 0 Å². The van der Waals surface area contributed by atoms with Gasteiger partial charge in [-0.2, -0.15) is 0 Å². The van der Waals surface area contributed by atoms with Gasteiger partial charge in [-0.15, -0.1) is 0 Å². The van der Waals surface area contributed by atoms with E-state index in [2.05, 4.69) is 104 Å². The lowest BCUT2D eigenvalue weighted by Crippen LogP contribution is -2.59. The molecule has 1 aliphatic heterocycles. The molecule has 0 bridgehead atoms. The molecule has 0 amide bonds. The van der Waals surface area contributed by atoms with Crippen molar-refractivity contribution >= 4 is 0 Å². The SMILES string of the molecule is CCCCCCCCCCCCCCCCCCN1C=CN(CCCCCCCCCCC)C1(Cc1ccccc1)C(CC)c1ccccc1. The molecule has 1 heterocycles. The Kier molecular flexibility index (Phi) is 23.2. The van der Waals surface area contributed by atoms with E-state index in [9.17, 15) is 0 Å². The van der Waals surface area contributed by atoms with Crippen LogP contribution in [0.5, 0.6) is 0 Å². The van der Waals surface area contributed by atoms with E-state index in [1.54, 1.807) is 0 Å². The Labute approximate surface area is 311 Å². The van der Waals surface area contributed by atoms with Gasteiger partial charge in [0.05, 0.1) is 0 Å². The molecule has 0 spiro atoms. The first-order chi connectivity index (χ1) is 24.8. The summed E-state index contributed by atoms with van der Waals surface area (Å²) in [4.78, 5) is 5.58. The number of hydrogen-bond donors (Lipinski definition) is 0. The van der Waals surface area contributed by atoms with Crippen LogP contribution in [0.15, 0.2) is 73.1 Å². The lowest BCUT2D eigenvalue weighted by atomic mass is 9.78. The maximum atomic E-state index is 2.79. The van der Waals surface area contributed by atoms with Gasteiger partial charge in [0.25, 0.3) is 0 Å². The van der Waals surface area contributed by atoms with Crippen molar-refractivity contribution in [1.29, 1.82) is 0 Å². The van der Waals surface area contributed by atoms with Crippen molar-refractivity contribution in [3.63, 3.8) is 0 Å². The minimum absolute atomic E-state index is 0.0624. The van der Waals surface area contributed by atoms with Crippen molar-refractivity contribution in [3.05, 3.63) is 84.2 Å². The van der Waals surface area contributed by atoms with Crippen LogP contribution >= 0.6 is 0 Å². The number of rotatable bonds is 32. The van der Waals surface area contributed by atoms with E-state index in [1.165, 1.54) is 172 Å². The van der Waals surface area contributed by atoms with Gasteiger partial charge < -0.3 is 9.80 Å². The van der Waals surface area contributed by atoms with Crippen molar-refractivity contribution in [3.8, 4) is 0 Å². The van der Waals surface area contributed by atoms with E-state index in [1.807, 2.05) is 0 Å². The zero-order chi connectivity index (χ0) is 35.4. The first-order valence-corrected chi connectivity index (χ1v) is 22.1. The summed E-state index contributed by atoms with van der Waals surface area (Å²) in [6.07, 6.45) is 42.3. The van der Waals surface area contributed by atoms with E-state index in [-0.39, 0.29) is 5.66 Å². The van der Waals surface area contributed by atoms with Crippen LogP contribution < -0.4 is 0 Å². The summed E-state index contributed by atoms with van der Waals surface area (Å²) in [6, 6.07) is 22.8. The minimum Gasteiger partial charge on any atom is -0.353 e. The Morgan fingerprint density at radius 2 is 0.760 bits per heavy atom. The van der Waals surface area contributed by atoms with E-state index in [4.69, 9.17) is 0 Å². The smallest absolute Gasteiger partial charge is 0.123 e. The summed E-state index contributed by atoms with van der Waals surface area (Å²) in [7, 11) is 0. The minimum atomic E-state index is -0.0624. The predicted molar refractivity (Wildman–Crippen MR) is 222 cm³/mol. The van der Waals surface area contributed by atoms with Crippen molar-refractivity contribution in [2.24, 2.45) is 0 Å². The fourth-order valence-corrected chi connectivity index (χ4v) is 8.68. The van der Waals surface area contributed by atoms with Crippen LogP contribution in [0.2, 0.25) is 0 Å². The zero-order valence-corrected chi connectivity index (χ0v) is 33.4. The third kappa shape index (κ3) is 15.6. The summed E-state index contributed by atoms with van der Waals surface area (Å²) in [5.74, 6) is 0.443. The molecule has 0 aliphatic carbocycles. The molecule has 50 heavy (non-hydrogen) atoms. The Bertz CT molecular complexity index is 1060. The average molecular weight is 685 g/mol. The molecule has 2 aromatic carbocycles. The third-order valence-corrected chi connectivity index (χ3v) is 11.7. The Balaban J connectivity index is 1.52. The van der Waals surface area contributed by atoms with Gasteiger partial charge in [0.2, 0.25) is 0 Å². The molecule has 0 saturated heterocycles. The van der Waals surface area contributed by atoms with Crippen LogP contribution in [0, 0.1) is 0 Å². The van der Waals surface area contributed by atoms with Crippen LogP contribution in [0.3, 0.4) is 0 Å². The highest BCUT2D eigenvalue weighted by molar-refractivity contribution is 5.30. The van der Waals surface area contributed by atoms with Crippen molar-refractivity contribution in [1.82, 2.24) is 9.80 Å². The molecule has 0 N–H and O–H groups in total. The topological polar surface area (TPSA) is 6.48 Å². The number of benzene rings is 2. The fourth-order valence-electron chi connectivity index (χ4n) is 8.68. The van der Waals surface area contributed by atoms with Gasteiger partial charge in [-0.3, -0.25) is 0 Å². The highest BCUT2D eigenvalue weighted by atomic mass is 15.4. The molecule has 0 saturated carbocycles.